The van der Waals surface area contributed by atoms with Crippen LogP contribution in [0.5, 0.6) is 5.75 Å². The number of phenolic OH excluding ortho intramolecular Hbond substituents is 1. The van der Waals surface area contributed by atoms with Crippen LogP contribution in [0.15, 0.2) is 12.1 Å². The predicted molar refractivity (Wildman–Crippen MR) is 95.2 cm³/mol. The number of carbonyl (C=O) groups is 1. The average molecular weight is 320 g/mol. The molecule has 0 aromatic heterocycles. The lowest BCUT2D eigenvalue weighted by molar-refractivity contribution is -0.136. The smallest absolute Gasteiger partial charge is 0.307 e. The molecule has 0 spiro atoms. The van der Waals surface area contributed by atoms with Crippen LogP contribution in [0, 0.1) is 5.41 Å². The van der Waals surface area contributed by atoms with Crippen molar-refractivity contribution in [1.82, 2.24) is 0 Å². The Kier molecular flexibility index (Phi) is 5.25. The molecule has 0 aliphatic heterocycles. The zero-order chi connectivity index (χ0) is 18.2. The van der Waals surface area contributed by atoms with Gasteiger partial charge < -0.3 is 10.2 Å². The van der Waals surface area contributed by atoms with Crippen molar-refractivity contribution in [3.05, 3.63) is 28.8 Å². The highest BCUT2D eigenvalue weighted by Gasteiger charge is 2.32. The quantitative estimate of drug-likeness (QED) is 0.818. The molecule has 1 rings (SSSR count). The molecule has 0 bridgehead atoms. The highest BCUT2D eigenvalue weighted by Crippen LogP contribution is 2.44. The SMILES string of the molecule is CC(C)(C)CC(C)(C)c1cc(CC(=O)O)cc(C(C)(C)C)c1O. The van der Waals surface area contributed by atoms with Gasteiger partial charge in [0.2, 0.25) is 0 Å². The Balaban J connectivity index is 3.54. The van der Waals surface area contributed by atoms with Crippen molar-refractivity contribution in [2.24, 2.45) is 5.41 Å². The second-order valence-corrected chi connectivity index (χ2v) is 9.48. The standard InChI is InChI=1S/C20H32O3/c1-18(2,3)12-20(7,8)15-10-13(11-16(21)22)9-14(17(15)23)19(4,5)6/h9-10,23H,11-12H2,1-8H3,(H,21,22). The molecule has 0 saturated heterocycles. The Morgan fingerprint density at radius 1 is 0.957 bits per heavy atom. The van der Waals surface area contributed by atoms with Crippen LogP contribution in [0.2, 0.25) is 0 Å². The molecule has 0 unspecified atom stereocenters. The van der Waals surface area contributed by atoms with E-state index < -0.39 is 5.97 Å². The summed E-state index contributed by atoms with van der Waals surface area (Å²) < 4.78 is 0. The lowest BCUT2D eigenvalue weighted by Crippen LogP contribution is -2.26. The molecule has 3 heteroatoms. The number of hydrogen-bond donors (Lipinski definition) is 2. The molecular formula is C20H32O3. The number of carboxylic acid groups (broad SMARTS) is 1. The van der Waals surface area contributed by atoms with Crippen molar-refractivity contribution >= 4 is 5.97 Å². The average Bonchev–Trinajstić information content (AvgIpc) is 2.25. The van der Waals surface area contributed by atoms with Gasteiger partial charge in [-0.3, -0.25) is 4.79 Å². The topological polar surface area (TPSA) is 57.5 Å². The maximum Gasteiger partial charge on any atom is 0.307 e. The van der Waals surface area contributed by atoms with E-state index in [1.54, 1.807) is 0 Å². The first kappa shape index (κ1) is 19.5. The molecule has 0 amide bonds. The monoisotopic (exact) mass is 320 g/mol. The summed E-state index contributed by atoms with van der Waals surface area (Å²) in [7, 11) is 0. The normalized spacial score (nSPS) is 13.2. The Morgan fingerprint density at radius 2 is 1.43 bits per heavy atom. The largest absolute Gasteiger partial charge is 0.507 e. The van der Waals surface area contributed by atoms with Crippen LogP contribution in [-0.4, -0.2) is 16.2 Å². The van der Waals surface area contributed by atoms with Crippen molar-refractivity contribution < 1.29 is 15.0 Å². The number of aliphatic carboxylic acids is 1. The van der Waals surface area contributed by atoms with Gasteiger partial charge in [-0.25, -0.2) is 0 Å². The van der Waals surface area contributed by atoms with Gasteiger partial charge in [0, 0.05) is 5.56 Å². The van der Waals surface area contributed by atoms with Gasteiger partial charge in [-0.1, -0.05) is 67.5 Å². The fraction of sp³-hybridized carbons (Fsp3) is 0.650. The van der Waals surface area contributed by atoms with Crippen LogP contribution >= 0.6 is 0 Å². The second kappa shape index (κ2) is 6.18. The number of phenols is 1. The molecule has 23 heavy (non-hydrogen) atoms. The van der Waals surface area contributed by atoms with E-state index in [-0.39, 0.29) is 22.7 Å². The summed E-state index contributed by atoms with van der Waals surface area (Å²) in [4.78, 5) is 11.1. The summed E-state index contributed by atoms with van der Waals surface area (Å²) in [6, 6.07) is 3.70. The van der Waals surface area contributed by atoms with Gasteiger partial charge in [0.05, 0.1) is 6.42 Å². The van der Waals surface area contributed by atoms with Gasteiger partial charge >= 0.3 is 5.97 Å². The third-order valence-electron chi connectivity index (χ3n) is 4.03. The molecule has 0 aliphatic rings. The molecule has 130 valence electrons. The van der Waals surface area contributed by atoms with Gasteiger partial charge in [-0.05, 0) is 33.8 Å². The fourth-order valence-corrected chi connectivity index (χ4v) is 3.48. The summed E-state index contributed by atoms with van der Waals surface area (Å²) in [6.07, 6.45) is 0.871. The Bertz CT molecular complexity index is 584. The number of rotatable bonds is 4. The maximum absolute atomic E-state index is 11.1. The van der Waals surface area contributed by atoms with E-state index in [1.807, 2.05) is 32.9 Å². The number of aromatic hydroxyl groups is 1. The first-order valence-electron chi connectivity index (χ1n) is 8.22. The van der Waals surface area contributed by atoms with Crippen LogP contribution < -0.4 is 0 Å². The van der Waals surface area contributed by atoms with Crippen molar-refractivity contribution in [3.63, 3.8) is 0 Å². The number of benzene rings is 1. The van der Waals surface area contributed by atoms with E-state index in [0.717, 1.165) is 23.1 Å². The van der Waals surface area contributed by atoms with Crippen molar-refractivity contribution in [1.29, 1.82) is 0 Å². The molecule has 0 aliphatic carbocycles. The van der Waals surface area contributed by atoms with E-state index in [2.05, 4.69) is 34.6 Å². The van der Waals surface area contributed by atoms with Gasteiger partial charge in [0.15, 0.2) is 0 Å². The molecule has 0 atom stereocenters. The van der Waals surface area contributed by atoms with Gasteiger partial charge in [0.1, 0.15) is 5.75 Å². The zero-order valence-electron chi connectivity index (χ0n) is 15.9. The Morgan fingerprint density at radius 3 is 1.83 bits per heavy atom. The fourth-order valence-electron chi connectivity index (χ4n) is 3.48. The molecule has 2 N–H and O–H groups in total. The lowest BCUT2D eigenvalue weighted by atomic mass is 9.70. The molecule has 3 nitrogen and oxygen atoms in total. The zero-order valence-corrected chi connectivity index (χ0v) is 15.9. The summed E-state index contributed by atoms with van der Waals surface area (Å²) in [6.45, 7) is 16.9. The van der Waals surface area contributed by atoms with Gasteiger partial charge in [-0.2, -0.15) is 0 Å². The minimum atomic E-state index is -0.852. The Hall–Kier alpha value is -1.51. The first-order chi connectivity index (χ1) is 10.1. The van der Waals surface area contributed by atoms with Crippen LogP contribution in [-0.2, 0) is 22.0 Å². The summed E-state index contributed by atoms with van der Waals surface area (Å²) in [5, 5.41) is 20.0. The summed E-state index contributed by atoms with van der Waals surface area (Å²) >= 11 is 0. The second-order valence-electron chi connectivity index (χ2n) is 9.48. The minimum Gasteiger partial charge on any atom is -0.507 e. The highest BCUT2D eigenvalue weighted by atomic mass is 16.4. The summed E-state index contributed by atoms with van der Waals surface area (Å²) in [5.41, 5.74) is 2.03. The predicted octanol–water partition coefficient (Wildman–Crippen LogP) is 5.03. The van der Waals surface area contributed by atoms with Crippen LogP contribution in [0.4, 0.5) is 0 Å². The number of hydrogen-bond acceptors (Lipinski definition) is 2. The van der Waals surface area contributed by atoms with E-state index >= 15 is 0 Å². The van der Waals surface area contributed by atoms with E-state index in [4.69, 9.17) is 5.11 Å². The van der Waals surface area contributed by atoms with E-state index in [1.165, 1.54) is 0 Å². The van der Waals surface area contributed by atoms with Gasteiger partial charge in [0.25, 0.3) is 0 Å². The molecular weight excluding hydrogens is 288 g/mol. The Labute approximate surface area is 140 Å². The third-order valence-corrected chi connectivity index (χ3v) is 4.03. The number of carboxylic acids is 1. The highest BCUT2D eigenvalue weighted by molar-refractivity contribution is 5.71. The molecule has 0 fully saturated rings. The lowest BCUT2D eigenvalue weighted by Gasteiger charge is -2.35. The van der Waals surface area contributed by atoms with E-state index in [0.29, 0.717) is 5.75 Å². The summed E-state index contributed by atoms with van der Waals surface area (Å²) in [5.74, 6) is -0.545. The van der Waals surface area contributed by atoms with Gasteiger partial charge in [-0.15, -0.1) is 0 Å². The maximum atomic E-state index is 11.1. The molecule has 0 radical (unpaired) electrons. The third kappa shape index (κ3) is 5.26. The molecule has 1 aromatic rings. The van der Waals surface area contributed by atoms with Crippen LogP contribution in [0.1, 0.15) is 78.5 Å². The van der Waals surface area contributed by atoms with Crippen LogP contribution in [0.25, 0.3) is 0 Å². The first-order valence-corrected chi connectivity index (χ1v) is 8.22. The van der Waals surface area contributed by atoms with Crippen LogP contribution in [0.3, 0.4) is 0 Å². The molecule has 0 heterocycles. The van der Waals surface area contributed by atoms with Crippen molar-refractivity contribution in [3.8, 4) is 5.75 Å². The minimum absolute atomic E-state index is 0.0258. The van der Waals surface area contributed by atoms with E-state index in [9.17, 15) is 9.90 Å². The molecule has 0 saturated carbocycles. The van der Waals surface area contributed by atoms with Crippen molar-refractivity contribution in [2.45, 2.75) is 79.1 Å². The van der Waals surface area contributed by atoms with Crippen molar-refractivity contribution in [2.75, 3.05) is 0 Å². The molecule has 1 aromatic carbocycles.